The van der Waals surface area contributed by atoms with E-state index < -0.39 is 0 Å². The zero-order valence-electron chi connectivity index (χ0n) is 14.7. The molecule has 22 heavy (non-hydrogen) atoms. The van der Waals surface area contributed by atoms with Crippen molar-refractivity contribution < 1.29 is 9.53 Å². The number of methoxy groups -OCH3 is 1. The van der Waals surface area contributed by atoms with Crippen LogP contribution in [0.1, 0.15) is 40.0 Å². The van der Waals surface area contributed by atoms with E-state index in [1.807, 2.05) is 6.92 Å². The molecule has 1 atom stereocenters. The van der Waals surface area contributed by atoms with Crippen molar-refractivity contribution in [3.63, 3.8) is 0 Å². The van der Waals surface area contributed by atoms with E-state index in [4.69, 9.17) is 4.74 Å². The first-order valence-corrected chi connectivity index (χ1v) is 8.18. The van der Waals surface area contributed by atoms with Gasteiger partial charge in [0, 0.05) is 25.7 Å². The Balaban J connectivity index is 2.41. The minimum absolute atomic E-state index is 0.0893. The average molecular weight is 312 g/mol. The lowest BCUT2D eigenvalue weighted by Gasteiger charge is -2.41. The lowest BCUT2D eigenvalue weighted by molar-refractivity contribution is -0.144. The van der Waals surface area contributed by atoms with Crippen molar-refractivity contribution in [1.29, 1.82) is 0 Å². The second-order valence-corrected chi connectivity index (χ2v) is 6.59. The SMILES string of the molecule is CN=C(NCC(C)C(=O)OC)NCC(C)(C)N1CCCCC1. The second-order valence-electron chi connectivity index (χ2n) is 6.59. The van der Waals surface area contributed by atoms with Gasteiger partial charge in [0.1, 0.15) is 0 Å². The second kappa shape index (κ2) is 8.98. The molecule has 1 saturated heterocycles. The summed E-state index contributed by atoms with van der Waals surface area (Å²) < 4.78 is 4.73. The molecule has 6 nitrogen and oxygen atoms in total. The van der Waals surface area contributed by atoms with Crippen LogP contribution < -0.4 is 10.6 Å². The Hall–Kier alpha value is -1.30. The molecular formula is C16H32N4O2. The largest absolute Gasteiger partial charge is 0.469 e. The van der Waals surface area contributed by atoms with Crippen LogP contribution in [-0.4, -0.2) is 62.7 Å². The van der Waals surface area contributed by atoms with Gasteiger partial charge in [-0.1, -0.05) is 13.3 Å². The monoisotopic (exact) mass is 312 g/mol. The number of nitrogens with zero attached hydrogens (tertiary/aromatic N) is 2. The lowest BCUT2D eigenvalue weighted by atomic mass is 9.98. The van der Waals surface area contributed by atoms with Gasteiger partial charge in [0.15, 0.2) is 5.96 Å². The van der Waals surface area contributed by atoms with Crippen LogP contribution in [0.2, 0.25) is 0 Å². The molecule has 6 heteroatoms. The molecule has 0 aromatic heterocycles. The Labute approximate surface area is 134 Å². The van der Waals surface area contributed by atoms with Gasteiger partial charge in [0.2, 0.25) is 0 Å². The molecule has 1 rings (SSSR count). The third-order valence-electron chi connectivity index (χ3n) is 4.30. The maximum absolute atomic E-state index is 11.4. The van der Waals surface area contributed by atoms with Crippen LogP contribution >= 0.6 is 0 Å². The summed E-state index contributed by atoms with van der Waals surface area (Å²) in [5, 5.41) is 6.54. The van der Waals surface area contributed by atoms with Gasteiger partial charge in [-0.3, -0.25) is 14.7 Å². The van der Waals surface area contributed by atoms with Crippen LogP contribution in [0.25, 0.3) is 0 Å². The number of ether oxygens (including phenoxy) is 1. The Bertz CT molecular complexity index is 376. The van der Waals surface area contributed by atoms with E-state index in [0.29, 0.717) is 6.54 Å². The molecule has 0 aromatic rings. The van der Waals surface area contributed by atoms with Crippen molar-refractivity contribution >= 4 is 11.9 Å². The highest BCUT2D eigenvalue weighted by atomic mass is 16.5. The fourth-order valence-corrected chi connectivity index (χ4v) is 2.67. The number of rotatable bonds is 6. The maximum Gasteiger partial charge on any atom is 0.310 e. The summed E-state index contributed by atoms with van der Waals surface area (Å²) in [4.78, 5) is 18.2. The Morgan fingerprint density at radius 2 is 1.91 bits per heavy atom. The third-order valence-corrected chi connectivity index (χ3v) is 4.30. The third kappa shape index (κ3) is 5.83. The van der Waals surface area contributed by atoms with Crippen molar-refractivity contribution in [1.82, 2.24) is 15.5 Å². The summed E-state index contributed by atoms with van der Waals surface area (Å²) in [5.74, 6) is 0.316. The van der Waals surface area contributed by atoms with Gasteiger partial charge in [0.25, 0.3) is 0 Å². The Kier molecular flexibility index (Phi) is 7.65. The molecular weight excluding hydrogens is 280 g/mol. The van der Waals surface area contributed by atoms with Crippen LogP contribution in [0.4, 0.5) is 0 Å². The van der Waals surface area contributed by atoms with E-state index in [1.54, 1.807) is 7.05 Å². The predicted molar refractivity (Wildman–Crippen MR) is 90.0 cm³/mol. The zero-order valence-corrected chi connectivity index (χ0v) is 14.7. The van der Waals surface area contributed by atoms with E-state index in [0.717, 1.165) is 12.5 Å². The van der Waals surface area contributed by atoms with Gasteiger partial charge < -0.3 is 15.4 Å². The van der Waals surface area contributed by atoms with Crippen molar-refractivity contribution in [3.8, 4) is 0 Å². The smallest absolute Gasteiger partial charge is 0.310 e. The van der Waals surface area contributed by atoms with Gasteiger partial charge >= 0.3 is 5.97 Å². The Morgan fingerprint density at radius 3 is 2.45 bits per heavy atom. The number of nitrogens with one attached hydrogen (secondary N) is 2. The molecule has 1 fully saturated rings. The first-order chi connectivity index (χ1) is 10.4. The minimum Gasteiger partial charge on any atom is -0.469 e. The summed E-state index contributed by atoms with van der Waals surface area (Å²) in [6, 6.07) is 0. The molecule has 0 radical (unpaired) electrons. The quantitative estimate of drug-likeness (QED) is 0.439. The number of carbonyl (C=O) groups excluding carboxylic acids is 1. The fraction of sp³-hybridized carbons (Fsp3) is 0.875. The molecule has 0 spiro atoms. The molecule has 2 N–H and O–H groups in total. The summed E-state index contributed by atoms with van der Waals surface area (Å²) in [5.41, 5.74) is 0.0893. The molecule has 1 heterocycles. The highest BCUT2D eigenvalue weighted by molar-refractivity contribution is 5.80. The number of hydrogen-bond donors (Lipinski definition) is 2. The topological polar surface area (TPSA) is 66.0 Å². The fourth-order valence-electron chi connectivity index (χ4n) is 2.67. The average Bonchev–Trinajstić information content (AvgIpc) is 2.54. The summed E-state index contributed by atoms with van der Waals surface area (Å²) in [7, 11) is 3.15. The van der Waals surface area contributed by atoms with Gasteiger partial charge in [-0.25, -0.2) is 0 Å². The van der Waals surface area contributed by atoms with E-state index in [2.05, 4.69) is 34.4 Å². The minimum atomic E-state index is -0.211. The molecule has 128 valence electrons. The summed E-state index contributed by atoms with van der Waals surface area (Å²) in [6.45, 7) is 10.0. The number of hydrogen-bond acceptors (Lipinski definition) is 4. The van der Waals surface area contributed by atoms with Gasteiger partial charge in [0.05, 0.1) is 13.0 Å². The van der Waals surface area contributed by atoms with Crippen LogP contribution in [0.3, 0.4) is 0 Å². The zero-order chi connectivity index (χ0) is 16.6. The van der Waals surface area contributed by atoms with Crippen molar-refractivity contribution in [3.05, 3.63) is 0 Å². The van der Waals surface area contributed by atoms with Crippen LogP contribution in [-0.2, 0) is 9.53 Å². The molecule has 0 bridgehead atoms. The van der Waals surface area contributed by atoms with Crippen molar-refractivity contribution in [2.75, 3.05) is 40.3 Å². The van der Waals surface area contributed by atoms with Gasteiger partial charge in [-0.15, -0.1) is 0 Å². The highest BCUT2D eigenvalue weighted by Crippen LogP contribution is 2.19. The number of guanidine groups is 1. The van der Waals surface area contributed by atoms with Crippen LogP contribution in [0.15, 0.2) is 4.99 Å². The molecule has 1 aliphatic heterocycles. The van der Waals surface area contributed by atoms with E-state index >= 15 is 0 Å². The van der Waals surface area contributed by atoms with Crippen molar-refractivity contribution in [2.45, 2.75) is 45.6 Å². The van der Waals surface area contributed by atoms with Crippen LogP contribution in [0, 0.1) is 5.92 Å². The molecule has 1 aliphatic rings. The van der Waals surface area contributed by atoms with Crippen molar-refractivity contribution in [2.24, 2.45) is 10.9 Å². The standard InChI is InChI=1S/C16H32N4O2/c1-13(14(21)22-5)11-18-15(17-4)19-12-16(2,3)20-9-7-6-8-10-20/h13H,6-12H2,1-5H3,(H2,17,18,19). The normalized spacial score (nSPS) is 18.7. The van der Waals surface area contributed by atoms with Gasteiger partial charge in [-0.05, 0) is 39.8 Å². The van der Waals surface area contributed by atoms with E-state index in [-0.39, 0.29) is 17.4 Å². The number of aliphatic imine (C=N–C) groups is 1. The highest BCUT2D eigenvalue weighted by Gasteiger charge is 2.28. The Morgan fingerprint density at radius 1 is 1.27 bits per heavy atom. The summed E-state index contributed by atoms with van der Waals surface area (Å²) in [6.07, 6.45) is 3.91. The predicted octanol–water partition coefficient (Wildman–Crippen LogP) is 1.23. The number of piperidine rings is 1. The molecule has 0 saturated carbocycles. The van der Waals surface area contributed by atoms with E-state index in [9.17, 15) is 4.79 Å². The first kappa shape index (κ1) is 18.7. The molecule has 0 amide bonds. The number of esters is 1. The van der Waals surface area contributed by atoms with Crippen LogP contribution in [0.5, 0.6) is 0 Å². The lowest BCUT2D eigenvalue weighted by Crippen LogP contribution is -2.55. The molecule has 0 aliphatic carbocycles. The molecule has 0 aromatic carbocycles. The van der Waals surface area contributed by atoms with Gasteiger partial charge in [-0.2, -0.15) is 0 Å². The molecule has 1 unspecified atom stereocenters. The maximum atomic E-state index is 11.4. The number of likely N-dealkylation sites (tertiary alicyclic amines) is 1. The summed E-state index contributed by atoms with van der Waals surface area (Å²) >= 11 is 0. The first-order valence-electron chi connectivity index (χ1n) is 8.18. The number of carbonyl (C=O) groups is 1. The van der Waals surface area contributed by atoms with E-state index in [1.165, 1.54) is 39.5 Å².